The van der Waals surface area contributed by atoms with Gasteiger partial charge < -0.3 is 11.1 Å². The topological polar surface area (TPSA) is 55.1 Å². The SMILES string of the molecule is CC(C)(NCCN)C(=O)c1ccccc1.Cl. The normalized spacial score (nSPS) is 10.7. The lowest BCUT2D eigenvalue weighted by atomic mass is 9.93. The Morgan fingerprint density at radius 3 is 2.38 bits per heavy atom. The number of hydrogen-bond donors (Lipinski definition) is 2. The molecular formula is C12H19ClN2O. The van der Waals surface area contributed by atoms with Crippen molar-refractivity contribution in [2.75, 3.05) is 13.1 Å². The Morgan fingerprint density at radius 1 is 1.31 bits per heavy atom. The minimum atomic E-state index is -0.555. The lowest BCUT2D eigenvalue weighted by Gasteiger charge is -2.24. The smallest absolute Gasteiger partial charge is 0.182 e. The van der Waals surface area contributed by atoms with Gasteiger partial charge in [-0.15, -0.1) is 12.4 Å². The molecule has 16 heavy (non-hydrogen) atoms. The molecule has 0 aliphatic rings. The Labute approximate surface area is 103 Å². The Hall–Kier alpha value is -0.900. The standard InChI is InChI=1S/C12H18N2O.ClH/c1-12(2,14-9-8-13)11(15)10-6-4-3-5-7-10;/h3-7,14H,8-9,13H2,1-2H3;1H. The van der Waals surface area contributed by atoms with E-state index < -0.39 is 5.54 Å². The second-order valence-corrected chi connectivity index (χ2v) is 4.04. The number of nitrogens with two attached hydrogens (primary N) is 1. The molecule has 0 fully saturated rings. The molecular weight excluding hydrogens is 224 g/mol. The van der Waals surface area contributed by atoms with Crippen LogP contribution in [-0.2, 0) is 0 Å². The predicted molar refractivity (Wildman–Crippen MR) is 69.2 cm³/mol. The van der Waals surface area contributed by atoms with E-state index in [9.17, 15) is 4.79 Å². The predicted octanol–water partition coefficient (Wildman–Crippen LogP) is 1.62. The third-order valence-electron chi connectivity index (χ3n) is 2.31. The summed E-state index contributed by atoms with van der Waals surface area (Å²) in [5, 5.41) is 3.13. The average molecular weight is 243 g/mol. The molecule has 4 heteroatoms. The van der Waals surface area contributed by atoms with Gasteiger partial charge in [-0.2, -0.15) is 0 Å². The van der Waals surface area contributed by atoms with Gasteiger partial charge in [0.2, 0.25) is 0 Å². The summed E-state index contributed by atoms with van der Waals surface area (Å²) in [6.07, 6.45) is 0. The second-order valence-electron chi connectivity index (χ2n) is 4.04. The Balaban J connectivity index is 0.00000225. The first kappa shape index (κ1) is 15.1. The number of ketones is 1. The van der Waals surface area contributed by atoms with Crippen LogP contribution in [0.25, 0.3) is 0 Å². The van der Waals surface area contributed by atoms with Crippen molar-refractivity contribution in [3.63, 3.8) is 0 Å². The minimum absolute atomic E-state index is 0. The van der Waals surface area contributed by atoms with Crippen molar-refractivity contribution < 1.29 is 4.79 Å². The largest absolute Gasteiger partial charge is 0.329 e. The van der Waals surface area contributed by atoms with Gasteiger partial charge in [0.15, 0.2) is 5.78 Å². The van der Waals surface area contributed by atoms with Crippen molar-refractivity contribution in [3.8, 4) is 0 Å². The zero-order valence-electron chi connectivity index (χ0n) is 9.69. The molecule has 0 unspecified atom stereocenters. The highest BCUT2D eigenvalue weighted by atomic mass is 35.5. The maximum Gasteiger partial charge on any atom is 0.182 e. The van der Waals surface area contributed by atoms with Crippen LogP contribution in [0.1, 0.15) is 24.2 Å². The fourth-order valence-electron chi connectivity index (χ4n) is 1.42. The Bertz CT molecular complexity index is 325. The van der Waals surface area contributed by atoms with Crippen LogP contribution < -0.4 is 11.1 Å². The van der Waals surface area contributed by atoms with E-state index >= 15 is 0 Å². The maximum absolute atomic E-state index is 12.1. The first-order chi connectivity index (χ1) is 7.08. The van der Waals surface area contributed by atoms with Crippen LogP contribution in [-0.4, -0.2) is 24.4 Å². The number of rotatable bonds is 5. The zero-order chi connectivity index (χ0) is 11.3. The van der Waals surface area contributed by atoms with Gasteiger partial charge in [0.1, 0.15) is 0 Å². The quantitative estimate of drug-likeness (QED) is 0.772. The molecule has 0 bridgehead atoms. The van der Waals surface area contributed by atoms with E-state index in [0.717, 1.165) is 5.56 Å². The molecule has 0 heterocycles. The molecule has 1 rings (SSSR count). The van der Waals surface area contributed by atoms with E-state index in [-0.39, 0.29) is 18.2 Å². The van der Waals surface area contributed by atoms with Crippen LogP contribution in [0.15, 0.2) is 30.3 Å². The highest BCUT2D eigenvalue weighted by Crippen LogP contribution is 2.12. The molecule has 0 aliphatic carbocycles. The number of Topliss-reactive ketones (excluding diaryl/α,β-unsaturated/α-hetero) is 1. The fourth-order valence-corrected chi connectivity index (χ4v) is 1.42. The van der Waals surface area contributed by atoms with Gasteiger partial charge in [-0.3, -0.25) is 4.79 Å². The van der Waals surface area contributed by atoms with Gasteiger partial charge in [0, 0.05) is 18.7 Å². The molecule has 0 spiro atoms. The molecule has 1 aromatic carbocycles. The van der Waals surface area contributed by atoms with Crippen LogP contribution in [0, 0.1) is 0 Å². The number of carbonyl (C=O) groups is 1. The van der Waals surface area contributed by atoms with Gasteiger partial charge in [-0.25, -0.2) is 0 Å². The summed E-state index contributed by atoms with van der Waals surface area (Å²) in [5.41, 5.74) is 5.57. The third kappa shape index (κ3) is 3.93. The molecule has 0 radical (unpaired) electrons. The Morgan fingerprint density at radius 2 is 1.88 bits per heavy atom. The van der Waals surface area contributed by atoms with Crippen molar-refractivity contribution in [2.45, 2.75) is 19.4 Å². The van der Waals surface area contributed by atoms with Crippen molar-refractivity contribution in [1.29, 1.82) is 0 Å². The molecule has 0 saturated heterocycles. The molecule has 0 amide bonds. The molecule has 3 nitrogen and oxygen atoms in total. The summed E-state index contributed by atoms with van der Waals surface area (Å²) in [4.78, 5) is 12.1. The monoisotopic (exact) mass is 242 g/mol. The lowest BCUT2D eigenvalue weighted by molar-refractivity contribution is 0.0883. The highest BCUT2D eigenvalue weighted by Gasteiger charge is 2.27. The molecule has 0 saturated carbocycles. The summed E-state index contributed by atoms with van der Waals surface area (Å²) in [6, 6.07) is 9.29. The van der Waals surface area contributed by atoms with Gasteiger partial charge in [0.25, 0.3) is 0 Å². The maximum atomic E-state index is 12.1. The highest BCUT2D eigenvalue weighted by molar-refractivity contribution is 6.02. The van der Waals surface area contributed by atoms with Crippen molar-refractivity contribution >= 4 is 18.2 Å². The van der Waals surface area contributed by atoms with Crippen LogP contribution in [0.4, 0.5) is 0 Å². The first-order valence-corrected chi connectivity index (χ1v) is 5.13. The molecule has 0 atom stereocenters. The van der Waals surface area contributed by atoms with Crippen molar-refractivity contribution in [3.05, 3.63) is 35.9 Å². The van der Waals surface area contributed by atoms with Crippen molar-refractivity contribution in [1.82, 2.24) is 5.32 Å². The summed E-state index contributed by atoms with van der Waals surface area (Å²) in [7, 11) is 0. The van der Waals surface area contributed by atoms with Crippen molar-refractivity contribution in [2.24, 2.45) is 5.73 Å². The zero-order valence-corrected chi connectivity index (χ0v) is 10.5. The first-order valence-electron chi connectivity index (χ1n) is 5.13. The van der Waals surface area contributed by atoms with E-state index in [1.165, 1.54) is 0 Å². The van der Waals surface area contributed by atoms with Crippen LogP contribution >= 0.6 is 12.4 Å². The van der Waals surface area contributed by atoms with Crippen LogP contribution in [0.5, 0.6) is 0 Å². The van der Waals surface area contributed by atoms with Gasteiger partial charge >= 0.3 is 0 Å². The molecule has 90 valence electrons. The average Bonchev–Trinajstić information content (AvgIpc) is 2.26. The molecule has 0 aromatic heterocycles. The third-order valence-corrected chi connectivity index (χ3v) is 2.31. The second kappa shape index (κ2) is 6.63. The minimum Gasteiger partial charge on any atom is -0.329 e. The van der Waals surface area contributed by atoms with E-state index in [0.29, 0.717) is 13.1 Å². The summed E-state index contributed by atoms with van der Waals surface area (Å²) < 4.78 is 0. The summed E-state index contributed by atoms with van der Waals surface area (Å²) in [6.45, 7) is 4.92. The van der Waals surface area contributed by atoms with E-state index in [4.69, 9.17) is 5.73 Å². The molecule has 3 N–H and O–H groups in total. The van der Waals surface area contributed by atoms with E-state index in [2.05, 4.69) is 5.32 Å². The van der Waals surface area contributed by atoms with Gasteiger partial charge in [0.05, 0.1) is 5.54 Å². The summed E-state index contributed by atoms with van der Waals surface area (Å²) in [5.74, 6) is 0.0940. The summed E-state index contributed by atoms with van der Waals surface area (Å²) >= 11 is 0. The number of benzene rings is 1. The fraction of sp³-hybridized carbons (Fsp3) is 0.417. The van der Waals surface area contributed by atoms with Gasteiger partial charge in [-0.1, -0.05) is 30.3 Å². The van der Waals surface area contributed by atoms with Gasteiger partial charge in [-0.05, 0) is 13.8 Å². The number of carbonyl (C=O) groups excluding carboxylic acids is 1. The number of halogens is 1. The van der Waals surface area contributed by atoms with Crippen LogP contribution in [0.3, 0.4) is 0 Å². The number of hydrogen-bond acceptors (Lipinski definition) is 3. The molecule has 1 aromatic rings. The number of nitrogens with one attached hydrogen (secondary N) is 1. The van der Waals surface area contributed by atoms with E-state index in [1.807, 2.05) is 44.2 Å². The lowest BCUT2D eigenvalue weighted by Crippen LogP contribution is -2.48. The molecule has 0 aliphatic heterocycles. The van der Waals surface area contributed by atoms with Crippen LogP contribution in [0.2, 0.25) is 0 Å². The Kier molecular flexibility index (Phi) is 6.26. The van der Waals surface area contributed by atoms with E-state index in [1.54, 1.807) is 0 Å².